The molecule has 1 aromatic rings. The van der Waals surface area contributed by atoms with Gasteiger partial charge in [-0.05, 0) is 13.0 Å². The molecule has 0 aliphatic carbocycles. The third-order valence-corrected chi connectivity index (χ3v) is 2.91. The van der Waals surface area contributed by atoms with E-state index in [-0.39, 0.29) is 18.0 Å². The molecule has 21 heavy (non-hydrogen) atoms. The van der Waals surface area contributed by atoms with Crippen LogP contribution in [0.5, 0.6) is 0 Å². The molecular formula is C12H13N3O6. The molecule has 0 aromatic heterocycles. The SMILES string of the molecule is CCOC(=O)C(O)C1Nc2cc([N+](=O)[O-])ccc2NC1=O. The summed E-state index contributed by atoms with van der Waals surface area (Å²) in [6.07, 6.45) is -1.71. The molecular weight excluding hydrogens is 282 g/mol. The van der Waals surface area contributed by atoms with E-state index in [1.165, 1.54) is 18.2 Å². The fraction of sp³-hybridized carbons (Fsp3) is 0.333. The van der Waals surface area contributed by atoms with Gasteiger partial charge < -0.3 is 20.5 Å². The summed E-state index contributed by atoms with van der Waals surface area (Å²) in [4.78, 5) is 33.5. The summed E-state index contributed by atoms with van der Waals surface area (Å²) >= 11 is 0. The third-order valence-electron chi connectivity index (χ3n) is 2.91. The van der Waals surface area contributed by atoms with Crippen LogP contribution in [0.25, 0.3) is 0 Å². The van der Waals surface area contributed by atoms with Crippen LogP contribution in [0.2, 0.25) is 0 Å². The molecule has 112 valence electrons. The molecule has 0 bridgehead atoms. The van der Waals surface area contributed by atoms with Gasteiger partial charge in [0, 0.05) is 12.1 Å². The topological polar surface area (TPSA) is 131 Å². The van der Waals surface area contributed by atoms with Gasteiger partial charge in [0.2, 0.25) is 5.91 Å². The van der Waals surface area contributed by atoms with Crippen molar-refractivity contribution < 1.29 is 24.4 Å². The number of hydrogen-bond acceptors (Lipinski definition) is 7. The minimum absolute atomic E-state index is 0.0618. The lowest BCUT2D eigenvalue weighted by Crippen LogP contribution is -2.50. The van der Waals surface area contributed by atoms with E-state index in [0.29, 0.717) is 5.69 Å². The van der Waals surface area contributed by atoms with Gasteiger partial charge in [-0.15, -0.1) is 0 Å². The van der Waals surface area contributed by atoms with Crippen LogP contribution in [0.4, 0.5) is 17.1 Å². The molecule has 1 aliphatic rings. The van der Waals surface area contributed by atoms with Gasteiger partial charge >= 0.3 is 5.97 Å². The average Bonchev–Trinajstić information content (AvgIpc) is 2.45. The van der Waals surface area contributed by atoms with Crippen LogP contribution < -0.4 is 10.6 Å². The van der Waals surface area contributed by atoms with Crippen molar-refractivity contribution in [3.63, 3.8) is 0 Å². The molecule has 1 aromatic carbocycles. The quantitative estimate of drug-likeness (QED) is 0.412. The van der Waals surface area contributed by atoms with E-state index >= 15 is 0 Å². The summed E-state index contributed by atoms with van der Waals surface area (Å²) < 4.78 is 4.64. The van der Waals surface area contributed by atoms with Crippen molar-refractivity contribution in [2.75, 3.05) is 17.2 Å². The number of carbonyl (C=O) groups is 2. The zero-order valence-electron chi connectivity index (χ0n) is 11.0. The van der Waals surface area contributed by atoms with Crippen molar-refractivity contribution in [3.8, 4) is 0 Å². The lowest BCUT2D eigenvalue weighted by molar-refractivity contribution is -0.384. The molecule has 2 rings (SSSR count). The smallest absolute Gasteiger partial charge is 0.337 e. The van der Waals surface area contributed by atoms with Crippen molar-refractivity contribution in [2.24, 2.45) is 0 Å². The highest BCUT2D eigenvalue weighted by molar-refractivity contribution is 6.05. The number of rotatable bonds is 4. The summed E-state index contributed by atoms with van der Waals surface area (Å²) in [5.74, 6) is -1.57. The number of hydrogen-bond donors (Lipinski definition) is 3. The largest absolute Gasteiger partial charge is 0.464 e. The Balaban J connectivity index is 2.25. The fourth-order valence-electron chi connectivity index (χ4n) is 1.90. The van der Waals surface area contributed by atoms with Gasteiger partial charge in [-0.2, -0.15) is 0 Å². The first-order chi connectivity index (χ1) is 9.93. The highest BCUT2D eigenvalue weighted by Gasteiger charge is 2.37. The summed E-state index contributed by atoms with van der Waals surface area (Å²) in [5, 5.41) is 25.6. The molecule has 0 saturated carbocycles. The minimum Gasteiger partial charge on any atom is -0.464 e. The molecule has 1 heterocycles. The number of anilines is 2. The van der Waals surface area contributed by atoms with Crippen molar-refractivity contribution in [2.45, 2.75) is 19.1 Å². The second kappa shape index (κ2) is 5.75. The highest BCUT2D eigenvalue weighted by Crippen LogP contribution is 2.31. The van der Waals surface area contributed by atoms with Crippen molar-refractivity contribution in [1.82, 2.24) is 0 Å². The van der Waals surface area contributed by atoms with E-state index in [2.05, 4.69) is 15.4 Å². The van der Waals surface area contributed by atoms with Crippen molar-refractivity contribution in [1.29, 1.82) is 0 Å². The monoisotopic (exact) mass is 295 g/mol. The number of nitro benzene ring substituents is 1. The Labute approximate surface area is 119 Å². The Bertz CT molecular complexity index is 603. The lowest BCUT2D eigenvalue weighted by Gasteiger charge is -2.28. The van der Waals surface area contributed by atoms with Gasteiger partial charge in [-0.25, -0.2) is 4.79 Å². The number of amides is 1. The predicted molar refractivity (Wildman–Crippen MR) is 71.8 cm³/mol. The maximum Gasteiger partial charge on any atom is 0.337 e. The number of non-ortho nitro benzene ring substituents is 1. The van der Waals surface area contributed by atoms with Crippen molar-refractivity contribution in [3.05, 3.63) is 28.3 Å². The maximum absolute atomic E-state index is 11.9. The molecule has 0 fully saturated rings. The summed E-state index contributed by atoms with van der Waals surface area (Å²) in [6.45, 7) is 1.63. The molecule has 1 amide bonds. The number of carbonyl (C=O) groups excluding carboxylic acids is 2. The van der Waals surface area contributed by atoms with Gasteiger partial charge in [0.1, 0.15) is 6.04 Å². The Hall–Kier alpha value is -2.68. The Morgan fingerprint density at radius 2 is 2.24 bits per heavy atom. The maximum atomic E-state index is 11.9. The Kier molecular flexibility index (Phi) is 4.03. The van der Waals surface area contributed by atoms with E-state index in [1.54, 1.807) is 6.92 Å². The predicted octanol–water partition coefficient (Wildman–Crippen LogP) is 0.251. The second-order valence-electron chi connectivity index (χ2n) is 4.30. The van der Waals surface area contributed by atoms with Crippen LogP contribution in [0.15, 0.2) is 18.2 Å². The highest BCUT2D eigenvalue weighted by atomic mass is 16.6. The van der Waals surface area contributed by atoms with Crippen LogP contribution in [0.3, 0.4) is 0 Å². The minimum atomic E-state index is -1.71. The second-order valence-corrected chi connectivity index (χ2v) is 4.30. The molecule has 0 spiro atoms. The molecule has 1 aliphatic heterocycles. The summed E-state index contributed by atoms with van der Waals surface area (Å²) in [5.41, 5.74) is 0.400. The lowest BCUT2D eigenvalue weighted by atomic mass is 10.1. The number of aliphatic hydroxyl groups excluding tert-OH is 1. The number of aliphatic hydroxyl groups is 1. The average molecular weight is 295 g/mol. The van der Waals surface area contributed by atoms with E-state index in [9.17, 15) is 24.8 Å². The first-order valence-electron chi connectivity index (χ1n) is 6.14. The summed E-state index contributed by atoms with van der Waals surface area (Å²) in [6, 6.07) is 2.53. The number of nitrogens with one attached hydrogen (secondary N) is 2. The van der Waals surface area contributed by atoms with E-state index < -0.39 is 28.9 Å². The molecule has 0 saturated heterocycles. The zero-order chi connectivity index (χ0) is 15.6. The molecule has 9 heteroatoms. The Morgan fingerprint density at radius 1 is 1.52 bits per heavy atom. The van der Waals surface area contributed by atoms with Gasteiger partial charge in [0.05, 0.1) is 22.9 Å². The number of ether oxygens (including phenoxy) is 1. The van der Waals surface area contributed by atoms with Crippen LogP contribution in [-0.4, -0.2) is 40.7 Å². The first-order valence-corrected chi connectivity index (χ1v) is 6.14. The van der Waals surface area contributed by atoms with Crippen LogP contribution in [0.1, 0.15) is 6.92 Å². The number of nitro groups is 1. The standard InChI is InChI=1S/C12H13N3O6/c1-2-21-12(18)10(16)9-11(17)14-7-4-3-6(15(19)20)5-8(7)13-9/h3-5,9-10,13,16H,2H2,1H3,(H,14,17). The van der Waals surface area contributed by atoms with Crippen molar-refractivity contribution >= 4 is 28.9 Å². The molecule has 2 unspecified atom stereocenters. The van der Waals surface area contributed by atoms with Gasteiger partial charge in [-0.1, -0.05) is 0 Å². The van der Waals surface area contributed by atoms with Gasteiger partial charge in [0.15, 0.2) is 6.10 Å². The van der Waals surface area contributed by atoms with Crippen LogP contribution in [0, 0.1) is 10.1 Å². The Morgan fingerprint density at radius 3 is 2.86 bits per heavy atom. The molecule has 3 N–H and O–H groups in total. The number of benzene rings is 1. The molecule has 0 radical (unpaired) electrons. The third kappa shape index (κ3) is 2.92. The fourth-order valence-corrected chi connectivity index (χ4v) is 1.90. The van der Waals surface area contributed by atoms with E-state index in [0.717, 1.165) is 0 Å². The number of fused-ring (bicyclic) bond motifs is 1. The summed E-state index contributed by atoms with van der Waals surface area (Å²) in [7, 11) is 0. The first kappa shape index (κ1) is 14.7. The van der Waals surface area contributed by atoms with Gasteiger partial charge in [-0.3, -0.25) is 14.9 Å². The van der Waals surface area contributed by atoms with Gasteiger partial charge in [0.25, 0.3) is 5.69 Å². The molecule has 9 nitrogen and oxygen atoms in total. The number of esters is 1. The molecule has 2 atom stereocenters. The normalized spacial score (nSPS) is 18.0. The van der Waals surface area contributed by atoms with E-state index in [1.807, 2.05) is 0 Å². The van der Waals surface area contributed by atoms with Crippen LogP contribution >= 0.6 is 0 Å². The zero-order valence-corrected chi connectivity index (χ0v) is 11.0. The van der Waals surface area contributed by atoms with E-state index in [4.69, 9.17) is 0 Å². The van der Waals surface area contributed by atoms with Crippen LogP contribution in [-0.2, 0) is 14.3 Å². The number of nitrogens with zero attached hydrogens (tertiary/aromatic N) is 1.